The third kappa shape index (κ3) is 3.88. The molecule has 0 spiro atoms. The van der Waals surface area contributed by atoms with Crippen molar-refractivity contribution in [2.45, 2.75) is 6.92 Å². The van der Waals surface area contributed by atoms with Crippen LogP contribution in [0, 0.1) is 0 Å². The summed E-state index contributed by atoms with van der Waals surface area (Å²) >= 11 is 0. The van der Waals surface area contributed by atoms with E-state index in [0.29, 0.717) is 5.75 Å². The van der Waals surface area contributed by atoms with Gasteiger partial charge in [0, 0.05) is 0 Å². The number of hydrogen-bond acceptors (Lipinski definition) is 3. The van der Waals surface area contributed by atoms with E-state index in [1.165, 1.54) is 0 Å². The predicted octanol–water partition coefficient (Wildman–Crippen LogP) is 2.85. The molecule has 4 nitrogen and oxygen atoms in total. The third-order valence-electron chi connectivity index (χ3n) is 1.63. The van der Waals surface area contributed by atoms with Gasteiger partial charge in [0.1, 0.15) is 5.75 Å². The summed E-state index contributed by atoms with van der Waals surface area (Å²) in [6.45, 7) is 5.34. The highest BCUT2D eigenvalue weighted by atomic mass is 31.2. The zero-order valence-electron chi connectivity index (χ0n) is 8.42. The maximum Gasteiger partial charge on any atom is 0.527 e. The predicted molar refractivity (Wildman–Crippen MR) is 58.6 cm³/mol. The minimum absolute atomic E-state index is 0.124. The fourth-order valence-electron chi connectivity index (χ4n) is 0.987. The molecular weight excluding hydrogens is 215 g/mol. The summed E-state index contributed by atoms with van der Waals surface area (Å²) in [5.74, 6) is 0.292. The van der Waals surface area contributed by atoms with Gasteiger partial charge in [-0.25, -0.2) is 4.57 Å². The Morgan fingerprint density at radius 3 is 2.53 bits per heavy atom. The van der Waals surface area contributed by atoms with Gasteiger partial charge in [-0.05, 0) is 24.6 Å². The largest absolute Gasteiger partial charge is 0.527 e. The second-order valence-electron chi connectivity index (χ2n) is 2.75. The Hall–Kier alpha value is -1.09. The van der Waals surface area contributed by atoms with Crippen LogP contribution >= 0.6 is 7.82 Å². The van der Waals surface area contributed by atoms with Gasteiger partial charge in [-0.3, -0.25) is 9.42 Å². The van der Waals surface area contributed by atoms with Crippen LogP contribution in [0.25, 0.3) is 6.08 Å². The summed E-state index contributed by atoms with van der Waals surface area (Å²) in [4.78, 5) is 9.19. The van der Waals surface area contributed by atoms with Crippen LogP contribution in [-0.4, -0.2) is 11.5 Å². The lowest BCUT2D eigenvalue weighted by Gasteiger charge is -2.11. The topological polar surface area (TPSA) is 55.8 Å². The summed E-state index contributed by atoms with van der Waals surface area (Å²) in [7, 11) is -3.96. The SMILES string of the molecule is C=Cc1ccc(OP(=O)(O)OCC)cc1. The van der Waals surface area contributed by atoms with E-state index in [4.69, 9.17) is 4.52 Å². The highest BCUT2D eigenvalue weighted by molar-refractivity contribution is 7.47. The first-order valence-electron chi connectivity index (χ1n) is 4.47. The van der Waals surface area contributed by atoms with Crippen LogP contribution in [0.4, 0.5) is 0 Å². The lowest BCUT2D eigenvalue weighted by molar-refractivity contribution is 0.213. The Morgan fingerprint density at radius 2 is 2.07 bits per heavy atom. The van der Waals surface area contributed by atoms with Crippen molar-refractivity contribution >= 4 is 13.9 Å². The van der Waals surface area contributed by atoms with E-state index in [2.05, 4.69) is 11.1 Å². The van der Waals surface area contributed by atoms with Gasteiger partial charge in [0.25, 0.3) is 0 Å². The van der Waals surface area contributed by atoms with Gasteiger partial charge >= 0.3 is 7.82 Å². The molecule has 0 fully saturated rings. The molecule has 5 heteroatoms. The molecule has 1 rings (SSSR count). The van der Waals surface area contributed by atoms with E-state index in [0.717, 1.165) is 5.56 Å². The smallest absolute Gasteiger partial charge is 0.404 e. The lowest BCUT2D eigenvalue weighted by Crippen LogP contribution is -1.96. The van der Waals surface area contributed by atoms with E-state index in [9.17, 15) is 9.46 Å². The molecule has 0 aliphatic heterocycles. The van der Waals surface area contributed by atoms with Gasteiger partial charge < -0.3 is 4.52 Å². The molecule has 15 heavy (non-hydrogen) atoms. The molecule has 0 saturated carbocycles. The number of phosphoric ester groups is 1. The zero-order valence-corrected chi connectivity index (χ0v) is 9.31. The van der Waals surface area contributed by atoms with Crippen molar-refractivity contribution in [3.8, 4) is 5.75 Å². The van der Waals surface area contributed by atoms with E-state index in [1.54, 1.807) is 37.3 Å². The van der Waals surface area contributed by atoms with Crippen molar-refractivity contribution in [3.05, 3.63) is 36.4 Å². The molecule has 82 valence electrons. The van der Waals surface area contributed by atoms with E-state index in [-0.39, 0.29) is 6.61 Å². The molecule has 1 atom stereocenters. The summed E-state index contributed by atoms with van der Waals surface area (Å²) in [5, 5.41) is 0. The first-order chi connectivity index (χ1) is 7.07. The molecule has 1 N–H and O–H groups in total. The van der Waals surface area contributed by atoms with Crippen LogP contribution < -0.4 is 4.52 Å². The number of hydrogen-bond donors (Lipinski definition) is 1. The highest BCUT2D eigenvalue weighted by Crippen LogP contribution is 2.43. The third-order valence-corrected chi connectivity index (χ3v) is 2.65. The molecule has 0 aromatic heterocycles. The van der Waals surface area contributed by atoms with Gasteiger partial charge in [-0.1, -0.05) is 24.8 Å². The maximum absolute atomic E-state index is 11.2. The molecule has 0 saturated heterocycles. The van der Waals surface area contributed by atoms with Gasteiger partial charge in [-0.2, -0.15) is 0 Å². The quantitative estimate of drug-likeness (QED) is 0.787. The lowest BCUT2D eigenvalue weighted by atomic mass is 10.2. The van der Waals surface area contributed by atoms with Crippen LogP contribution in [0.15, 0.2) is 30.8 Å². The molecule has 0 amide bonds. The molecular formula is C10H13O4P. The molecule has 1 aromatic carbocycles. The van der Waals surface area contributed by atoms with Crippen molar-refractivity contribution in [2.75, 3.05) is 6.61 Å². The average molecular weight is 228 g/mol. The number of rotatable bonds is 5. The normalized spacial score (nSPS) is 14.3. The van der Waals surface area contributed by atoms with Crippen LogP contribution in [0.2, 0.25) is 0 Å². The van der Waals surface area contributed by atoms with Crippen LogP contribution in [0.1, 0.15) is 12.5 Å². The summed E-state index contributed by atoms with van der Waals surface area (Å²) in [6.07, 6.45) is 1.67. The Balaban J connectivity index is 2.72. The van der Waals surface area contributed by atoms with Gasteiger partial charge in [-0.15, -0.1) is 0 Å². The molecule has 0 bridgehead atoms. The Bertz CT molecular complexity index is 372. The van der Waals surface area contributed by atoms with Crippen LogP contribution in [-0.2, 0) is 9.09 Å². The van der Waals surface area contributed by atoms with Gasteiger partial charge in [0.05, 0.1) is 6.61 Å². The maximum atomic E-state index is 11.2. The monoisotopic (exact) mass is 228 g/mol. The molecule has 0 aliphatic carbocycles. The molecule has 0 heterocycles. The summed E-state index contributed by atoms with van der Waals surface area (Å²) in [5.41, 5.74) is 0.909. The van der Waals surface area contributed by atoms with Crippen LogP contribution in [0.5, 0.6) is 5.75 Å². The Labute approximate surface area is 88.8 Å². The van der Waals surface area contributed by atoms with Crippen molar-refractivity contribution < 1.29 is 18.5 Å². The molecule has 0 radical (unpaired) electrons. The fourth-order valence-corrected chi connectivity index (χ4v) is 1.75. The first kappa shape index (κ1) is 12.0. The second-order valence-corrected chi connectivity index (χ2v) is 4.13. The van der Waals surface area contributed by atoms with E-state index in [1.807, 2.05) is 0 Å². The van der Waals surface area contributed by atoms with E-state index >= 15 is 0 Å². The van der Waals surface area contributed by atoms with Crippen LogP contribution in [0.3, 0.4) is 0 Å². The minimum atomic E-state index is -3.96. The number of benzene rings is 1. The van der Waals surface area contributed by atoms with Crippen molar-refractivity contribution in [1.82, 2.24) is 0 Å². The van der Waals surface area contributed by atoms with Crippen molar-refractivity contribution in [1.29, 1.82) is 0 Å². The molecule has 0 aliphatic rings. The Kier molecular flexibility index (Phi) is 4.09. The second kappa shape index (κ2) is 5.12. The van der Waals surface area contributed by atoms with E-state index < -0.39 is 7.82 Å². The average Bonchev–Trinajstić information content (AvgIpc) is 2.18. The fraction of sp³-hybridized carbons (Fsp3) is 0.200. The summed E-state index contributed by atoms with van der Waals surface area (Å²) < 4.78 is 20.6. The summed E-state index contributed by atoms with van der Waals surface area (Å²) in [6, 6.07) is 6.63. The first-order valence-corrected chi connectivity index (χ1v) is 5.96. The Morgan fingerprint density at radius 1 is 1.47 bits per heavy atom. The van der Waals surface area contributed by atoms with Gasteiger partial charge in [0.2, 0.25) is 0 Å². The van der Waals surface area contributed by atoms with Gasteiger partial charge in [0.15, 0.2) is 0 Å². The number of phosphoric acid groups is 1. The standard InChI is InChI=1S/C10H13O4P/c1-3-9-5-7-10(8-6-9)14-15(11,12)13-4-2/h3,5-8H,1,4H2,2H3,(H,11,12). The minimum Gasteiger partial charge on any atom is -0.404 e. The molecule has 1 aromatic rings. The van der Waals surface area contributed by atoms with Crippen molar-refractivity contribution in [3.63, 3.8) is 0 Å². The zero-order chi connectivity index (χ0) is 11.3. The highest BCUT2D eigenvalue weighted by Gasteiger charge is 2.21. The van der Waals surface area contributed by atoms with Crippen molar-refractivity contribution in [2.24, 2.45) is 0 Å². The molecule has 1 unspecified atom stereocenters.